The van der Waals surface area contributed by atoms with Crippen LogP contribution in [0.2, 0.25) is 0 Å². The molecule has 0 unspecified atom stereocenters. The number of alkyl halides is 2. The second-order valence-corrected chi connectivity index (χ2v) is 4.98. The van der Waals surface area contributed by atoms with Crippen molar-refractivity contribution in [2.45, 2.75) is 33.6 Å². The van der Waals surface area contributed by atoms with Gasteiger partial charge in [0.1, 0.15) is 5.75 Å². The van der Waals surface area contributed by atoms with Crippen LogP contribution >= 0.6 is 0 Å². The number of anilines is 1. The van der Waals surface area contributed by atoms with E-state index in [4.69, 9.17) is 0 Å². The number of ether oxygens (including phenoxy) is 1. The second-order valence-electron chi connectivity index (χ2n) is 4.98. The summed E-state index contributed by atoms with van der Waals surface area (Å²) in [7, 11) is 0. The van der Waals surface area contributed by atoms with Gasteiger partial charge in [-0.2, -0.15) is 8.78 Å². The molecule has 0 spiro atoms. The minimum absolute atomic E-state index is 0.0793. The number of aryl methyl sites for hydroxylation is 2. The van der Waals surface area contributed by atoms with E-state index in [2.05, 4.69) is 15.0 Å². The first-order chi connectivity index (χ1) is 10.5. The lowest BCUT2D eigenvalue weighted by atomic mass is 10.1. The normalized spacial score (nSPS) is 10.8. The lowest BCUT2D eigenvalue weighted by Crippen LogP contribution is -2.07. The molecular formula is C16H18F2N2O2. The topological polar surface area (TPSA) is 54.4 Å². The molecule has 0 fully saturated rings. The Bertz CT molecular complexity index is 625. The van der Waals surface area contributed by atoms with E-state index < -0.39 is 6.61 Å². The molecular weight excluding hydrogens is 290 g/mol. The van der Waals surface area contributed by atoms with Crippen molar-refractivity contribution in [1.82, 2.24) is 4.98 Å². The van der Waals surface area contributed by atoms with Crippen molar-refractivity contribution in [3.63, 3.8) is 0 Å². The Balaban J connectivity index is 2.14. The molecule has 22 heavy (non-hydrogen) atoms. The van der Waals surface area contributed by atoms with Gasteiger partial charge in [-0.1, -0.05) is 12.1 Å². The third-order valence-corrected chi connectivity index (χ3v) is 3.29. The molecule has 0 radical (unpaired) electrons. The first kappa shape index (κ1) is 16.2. The van der Waals surface area contributed by atoms with Gasteiger partial charge in [-0.05, 0) is 36.6 Å². The first-order valence-electron chi connectivity index (χ1n) is 6.83. The standard InChI is InChI=1S/C16H18F2N2O2/c1-10-5-12(6-11(2)15(10)22-16(17)18)7-20-14-8-19-4-3-13(14)9-21/h3-6,8,16,20-21H,7,9H2,1-2H3. The Morgan fingerprint density at radius 2 is 1.95 bits per heavy atom. The van der Waals surface area contributed by atoms with E-state index in [1.165, 1.54) is 0 Å². The Morgan fingerprint density at radius 3 is 2.55 bits per heavy atom. The van der Waals surface area contributed by atoms with Gasteiger partial charge < -0.3 is 15.2 Å². The zero-order chi connectivity index (χ0) is 16.1. The fourth-order valence-corrected chi connectivity index (χ4v) is 2.33. The highest BCUT2D eigenvalue weighted by Crippen LogP contribution is 2.27. The van der Waals surface area contributed by atoms with Crippen LogP contribution in [0.4, 0.5) is 14.5 Å². The molecule has 118 valence electrons. The Hall–Kier alpha value is -2.21. The van der Waals surface area contributed by atoms with Gasteiger partial charge >= 0.3 is 6.61 Å². The summed E-state index contributed by atoms with van der Waals surface area (Å²) in [4.78, 5) is 4.01. The zero-order valence-corrected chi connectivity index (χ0v) is 12.4. The number of nitrogens with one attached hydrogen (secondary N) is 1. The minimum Gasteiger partial charge on any atom is -0.434 e. The van der Waals surface area contributed by atoms with Crippen molar-refractivity contribution >= 4 is 5.69 Å². The lowest BCUT2D eigenvalue weighted by molar-refractivity contribution is -0.0507. The van der Waals surface area contributed by atoms with Crippen LogP contribution in [0.1, 0.15) is 22.3 Å². The van der Waals surface area contributed by atoms with Crippen molar-refractivity contribution in [2.24, 2.45) is 0 Å². The van der Waals surface area contributed by atoms with Crippen molar-refractivity contribution in [3.05, 3.63) is 52.8 Å². The van der Waals surface area contributed by atoms with E-state index in [9.17, 15) is 13.9 Å². The fraction of sp³-hybridized carbons (Fsp3) is 0.312. The summed E-state index contributed by atoms with van der Waals surface area (Å²) in [6.07, 6.45) is 3.25. The van der Waals surface area contributed by atoms with Crippen molar-refractivity contribution in [1.29, 1.82) is 0 Å². The number of pyridine rings is 1. The summed E-state index contributed by atoms with van der Waals surface area (Å²) in [5.41, 5.74) is 3.75. The van der Waals surface area contributed by atoms with Gasteiger partial charge in [-0.3, -0.25) is 4.98 Å². The number of nitrogens with zero attached hydrogens (tertiary/aromatic N) is 1. The first-order valence-corrected chi connectivity index (χ1v) is 6.83. The molecule has 0 aliphatic heterocycles. The number of hydrogen-bond acceptors (Lipinski definition) is 4. The second kappa shape index (κ2) is 7.17. The van der Waals surface area contributed by atoms with E-state index in [1.807, 2.05) is 0 Å². The van der Waals surface area contributed by atoms with Crippen LogP contribution in [-0.2, 0) is 13.2 Å². The predicted molar refractivity (Wildman–Crippen MR) is 80.0 cm³/mol. The summed E-state index contributed by atoms with van der Waals surface area (Å²) in [6, 6.07) is 5.33. The van der Waals surface area contributed by atoms with E-state index in [0.717, 1.165) is 16.8 Å². The molecule has 2 rings (SSSR count). The molecule has 4 nitrogen and oxygen atoms in total. The van der Waals surface area contributed by atoms with E-state index in [-0.39, 0.29) is 12.4 Å². The average Bonchev–Trinajstić information content (AvgIpc) is 2.49. The van der Waals surface area contributed by atoms with Gasteiger partial charge in [-0.15, -0.1) is 0 Å². The fourth-order valence-electron chi connectivity index (χ4n) is 2.33. The SMILES string of the molecule is Cc1cc(CNc2cnccc2CO)cc(C)c1OC(F)F. The predicted octanol–water partition coefficient (Wildman–Crippen LogP) is 3.40. The number of aromatic nitrogens is 1. The average molecular weight is 308 g/mol. The number of benzene rings is 1. The highest BCUT2D eigenvalue weighted by molar-refractivity contribution is 5.50. The van der Waals surface area contributed by atoms with E-state index in [0.29, 0.717) is 17.7 Å². The quantitative estimate of drug-likeness (QED) is 0.859. The molecule has 1 aromatic heterocycles. The summed E-state index contributed by atoms with van der Waals surface area (Å²) in [5.74, 6) is 0.219. The molecule has 0 saturated heterocycles. The number of rotatable bonds is 6. The van der Waals surface area contributed by atoms with Crippen molar-refractivity contribution < 1.29 is 18.6 Å². The van der Waals surface area contributed by atoms with Gasteiger partial charge in [0.15, 0.2) is 0 Å². The maximum atomic E-state index is 12.4. The molecule has 0 aliphatic rings. The molecule has 2 aromatic rings. The van der Waals surface area contributed by atoms with Gasteiger partial charge in [-0.25, -0.2) is 0 Å². The molecule has 0 saturated carbocycles. The molecule has 0 amide bonds. The van der Waals surface area contributed by atoms with Crippen LogP contribution in [0.15, 0.2) is 30.6 Å². The van der Waals surface area contributed by atoms with Crippen LogP contribution in [0, 0.1) is 13.8 Å². The van der Waals surface area contributed by atoms with E-state index >= 15 is 0 Å². The number of halogens is 2. The van der Waals surface area contributed by atoms with Crippen LogP contribution < -0.4 is 10.1 Å². The summed E-state index contributed by atoms with van der Waals surface area (Å²) >= 11 is 0. The summed E-state index contributed by atoms with van der Waals surface area (Å²) in [5, 5.41) is 12.5. The highest BCUT2D eigenvalue weighted by Gasteiger charge is 2.11. The molecule has 1 aromatic carbocycles. The molecule has 1 heterocycles. The van der Waals surface area contributed by atoms with Crippen molar-refractivity contribution in [3.8, 4) is 5.75 Å². The van der Waals surface area contributed by atoms with Crippen LogP contribution in [0.3, 0.4) is 0 Å². The Kier molecular flexibility index (Phi) is 5.27. The zero-order valence-electron chi connectivity index (χ0n) is 12.4. The third kappa shape index (κ3) is 3.92. The monoisotopic (exact) mass is 308 g/mol. The maximum Gasteiger partial charge on any atom is 0.387 e. The number of aliphatic hydroxyl groups excluding tert-OH is 1. The van der Waals surface area contributed by atoms with Gasteiger partial charge in [0, 0.05) is 18.3 Å². The van der Waals surface area contributed by atoms with Crippen LogP contribution in [0.5, 0.6) is 5.75 Å². The summed E-state index contributed by atoms with van der Waals surface area (Å²) < 4.78 is 29.3. The molecule has 0 atom stereocenters. The Morgan fingerprint density at radius 1 is 1.27 bits per heavy atom. The Labute approximate surface area is 127 Å². The molecule has 0 bridgehead atoms. The molecule has 0 aliphatic carbocycles. The molecule has 6 heteroatoms. The van der Waals surface area contributed by atoms with Gasteiger partial charge in [0.05, 0.1) is 18.5 Å². The van der Waals surface area contributed by atoms with Crippen molar-refractivity contribution in [2.75, 3.05) is 5.32 Å². The highest BCUT2D eigenvalue weighted by atomic mass is 19.3. The van der Waals surface area contributed by atoms with Gasteiger partial charge in [0.2, 0.25) is 0 Å². The summed E-state index contributed by atoms with van der Waals surface area (Å²) in [6.45, 7) is 1.05. The van der Waals surface area contributed by atoms with Crippen LogP contribution in [-0.4, -0.2) is 16.7 Å². The number of hydrogen-bond donors (Lipinski definition) is 2. The number of aliphatic hydroxyl groups is 1. The minimum atomic E-state index is -2.83. The van der Waals surface area contributed by atoms with Gasteiger partial charge in [0.25, 0.3) is 0 Å². The smallest absolute Gasteiger partial charge is 0.387 e. The lowest BCUT2D eigenvalue weighted by Gasteiger charge is -2.15. The third-order valence-electron chi connectivity index (χ3n) is 3.29. The van der Waals surface area contributed by atoms with E-state index in [1.54, 1.807) is 44.4 Å². The van der Waals surface area contributed by atoms with Crippen LogP contribution in [0.25, 0.3) is 0 Å². The molecule has 2 N–H and O–H groups in total. The largest absolute Gasteiger partial charge is 0.434 e. The maximum absolute atomic E-state index is 12.4.